The Bertz CT molecular complexity index is 1490. The average molecular weight is 599 g/mol. The van der Waals surface area contributed by atoms with Crippen LogP contribution in [0.5, 0.6) is 11.5 Å². The molecular weight excluding hydrogens is 581 g/mol. The molecule has 0 spiro atoms. The number of halogens is 3. The van der Waals surface area contributed by atoms with E-state index in [-0.39, 0.29) is 39.5 Å². The van der Waals surface area contributed by atoms with Crippen LogP contribution in [-0.4, -0.2) is 31.1 Å². The number of hydrogen-bond donors (Lipinski definition) is 0. The molecule has 3 aromatic carbocycles. The molecule has 1 fully saturated rings. The van der Waals surface area contributed by atoms with Gasteiger partial charge in [0, 0.05) is 15.6 Å². The lowest BCUT2D eigenvalue weighted by Crippen LogP contribution is -2.27. The normalized spacial score (nSPS) is 14.9. The number of benzene rings is 3. The second-order valence-electron chi connectivity index (χ2n) is 7.58. The van der Waals surface area contributed by atoms with Crippen LogP contribution in [0.2, 0.25) is 15.1 Å². The van der Waals surface area contributed by atoms with Gasteiger partial charge in [0.05, 0.1) is 23.1 Å². The zero-order valence-electron chi connectivity index (χ0n) is 19.1. The Labute approximate surface area is 233 Å². The highest BCUT2D eigenvalue weighted by Gasteiger charge is 2.36. The van der Waals surface area contributed by atoms with Crippen molar-refractivity contribution in [3.8, 4) is 11.5 Å². The zero-order valence-corrected chi connectivity index (χ0v) is 23.0. The molecule has 1 heterocycles. The summed E-state index contributed by atoms with van der Waals surface area (Å²) in [6, 6.07) is 15.4. The summed E-state index contributed by atoms with van der Waals surface area (Å²) in [7, 11) is -4.18. The molecule has 0 bridgehead atoms. The topological polar surface area (TPSA) is 90.0 Å². The van der Waals surface area contributed by atoms with E-state index < -0.39 is 21.3 Å². The molecule has 0 radical (unpaired) electrons. The molecule has 1 saturated heterocycles. The summed E-state index contributed by atoms with van der Waals surface area (Å²) in [6.45, 7) is 1.81. The summed E-state index contributed by atoms with van der Waals surface area (Å²) in [5.74, 6) is -0.666. The third kappa shape index (κ3) is 6.08. The van der Waals surface area contributed by atoms with Gasteiger partial charge in [-0.15, -0.1) is 0 Å². The lowest BCUT2D eigenvalue weighted by Gasteiger charge is -2.15. The van der Waals surface area contributed by atoms with Gasteiger partial charge in [-0.1, -0.05) is 59.1 Å². The molecule has 1 aliphatic rings. The molecular formula is C25H18Cl3NO6S2. The molecule has 12 heteroatoms. The van der Waals surface area contributed by atoms with Gasteiger partial charge >= 0.3 is 10.1 Å². The van der Waals surface area contributed by atoms with Crippen LogP contribution >= 0.6 is 46.6 Å². The van der Waals surface area contributed by atoms with E-state index in [0.29, 0.717) is 21.2 Å². The molecule has 1 aliphatic heterocycles. The number of imide groups is 1. The first-order valence-electron chi connectivity index (χ1n) is 10.7. The molecule has 4 rings (SSSR count). The summed E-state index contributed by atoms with van der Waals surface area (Å²) in [5.41, 5.74) is 0.858. The minimum atomic E-state index is -4.18. The largest absolute Gasteiger partial charge is 0.490 e. The highest BCUT2D eigenvalue weighted by atomic mass is 35.5. The molecule has 0 saturated carbocycles. The number of nitrogens with zero attached hydrogens (tertiary/aromatic N) is 1. The van der Waals surface area contributed by atoms with E-state index in [9.17, 15) is 18.0 Å². The van der Waals surface area contributed by atoms with Crippen molar-refractivity contribution in [2.24, 2.45) is 0 Å². The number of carbonyl (C=O) groups is 2. The minimum absolute atomic E-state index is 0.0510. The lowest BCUT2D eigenvalue weighted by atomic mass is 10.1. The van der Waals surface area contributed by atoms with Crippen molar-refractivity contribution >= 4 is 73.9 Å². The molecule has 0 atom stereocenters. The van der Waals surface area contributed by atoms with Crippen molar-refractivity contribution in [2.75, 3.05) is 6.61 Å². The van der Waals surface area contributed by atoms with Gasteiger partial charge in [-0.3, -0.25) is 14.5 Å². The smallest absolute Gasteiger partial charge is 0.339 e. The van der Waals surface area contributed by atoms with E-state index in [1.54, 1.807) is 43.3 Å². The minimum Gasteiger partial charge on any atom is -0.490 e. The number of carbonyl (C=O) groups excluding carboxylic acids is 2. The molecule has 0 N–H and O–H groups in total. The first kappa shape index (κ1) is 27.3. The van der Waals surface area contributed by atoms with Gasteiger partial charge in [-0.25, -0.2) is 0 Å². The van der Waals surface area contributed by atoms with Crippen molar-refractivity contribution in [3.05, 3.63) is 91.8 Å². The first-order valence-corrected chi connectivity index (χ1v) is 14.1. The van der Waals surface area contributed by atoms with Crippen molar-refractivity contribution in [1.29, 1.82) is 0 Å². The highest BCUT2D eigenvalue weighted by molar-refractivity contribution is 8.18. The SMILES string of the molecule is CCOc1cc(/C=C2\SC(=O)N(Cc3c(Cl)cccc3Cl)C2=O)cc(Cl)c1OS(=O)(=O)c1ccccc1. The maximum atomic E-state index is 13.0. The molecule has 3 aromatic rings. The Hall–Kier alpha value is -2.69. The van der Waals surface area contributed by atoms with Gasteiger partial charge in [0.2, 0.25) is 5.75 Å². The number of thioether (sulfide) groups is 1. The third-order valence-electron chi connectivity index (χ3n) is 5.11. The standard InChI is InChI=1S/C25H18Cl3NO6S2/c1-2-34-21-12-15(11-20(28)23(21)35-37(32,33)16-7-4-3-5-8-16)13-22-24(30)29(25(31)36-22)14-17-18(26)9-6-10-19(17)27/h3-13H,2,14H2,1H3/b22-13-. The van der Waals surface area contributed by atoms with Crippen LogP contribution in [0.15, 0.2) is 70.5 Å². The predicted molar refractivity (Wildman–Crippen MR) is 145 cm³/mol. The van der Waals surface area contributed by atoms with Crippen LogP contribution < -0.4 is 8.92 Å². The third-order valence-corrected chi connectivity index (χ3v) is 8.24. The molecule has 0 unspecified atom stereocenters. The molecule has 0 aromatic heterocycles. The average Bonchev–Trinajstić information content (AvgIpc) is 3.11. The Balaban J connectivity index is 1.64. The highest BCUT2D eigenvalue weighted by Crippen LogP contribution is 2.41. The Morgan fingerprint density at radius 1 is 0.946 bits per heavy atom. The summed E-state index contributed by atoms with van der Waals surface area (Å²) in [6.07, 6.45) is 1.46. The van der Waals surface area contributed by atoms with Crippen LogP contribution in [0.1, 0.15) is 18.1 Å². The van der Waals surface area contributed by atoms with Crippen molar-refractivity contribution in [3.63, 3.8) is 0 Å². The Morgan fingerprint density at radius 3 is 2.27 bits per heavy atom. The summed E-state index contributed by atoms with van der Waals surface area (Å²) in [5, 5.41) is 0.130. The van der Waals surface area contributed by atoms with Gasteiger partial charge < -0.3 is 8.92 Å². The number of amides is 2. The fourth-order valence-electron chi connectivity index (χ4n) is 3.39. The molecule has 37 heavy (non-hydrogen) atoms. The van der Waals surface area contributed by atoms with E-state index in [1.807, 2.05) is 0 Å². The van der Waals surface area contributed by atoms with Gasteiger partial charge in [-0.05, 0) is 66.7 Å². The van der Waals surface area contributed by atoms with Crippen molar-refractivity contribution in [2.45, 2.75) is 18.4 Å². The zero-order chi connectivity index (χ0) is 26.7. The van der Waals surface area contributed by atoms with Gasteiger partial charge in [-0.2, -0.15) is 8.42 Å². The molecule has 0 aliphatic carbocycles. The second-order valence-corrected chi connectivity index (χ2v) is 11.3. The monoisotopic (exact) mass is 597 g/mol. The van der Waals surface area contributed by atoms with E-state index >= 15 is 0 Å². The van der Waals surface area contributed by atoms with Crippen molar-refractivity contribution in [1.82, 2.24) is 4.90 Å². The van der Waals surface area contributed by atoms with Gasteiger partial charge in [0.1, 0.15) is 4.90 Å². The van der Waals surface area contributed by atoms with E-state index in [2.05, 4.69) is 0 Å². The first-order chi connectivity index (χ1) is 17.6. The Kier molecular flexibility index (Phi) is 8.40. The van der Waals surface area contributed by atoms with Crippen LogP contribution in [-0.2, 0) is 21.5 Å². The van der Waals surface area contributed by atoms with E-state index in [4.69, 9.17) is 43.7 Å². The van der Waals surface area contributed by atoms with Crippen molar-refractivity contribution < 1.29 is 26.9 Å². The summed E-state index contributed by atoms with van der Waals surface area (Å²) in [4.78, 5) is 26.7. The number of rotatable bonds is 8. The summed E-state index contributed by atoms with van der Waals surface area (Å²) >= 11 is 19.5. The lowest BCUT2D eigenvalue weighted by molar-refractivity contribution is -0.123. The van der Waals surface area contributed by atoms with Crippen LogP contribution in [0.25, 0.3) is 6.08 Å². The molecule has 2 amide bonds. The van der Waals surface area contributed by atoms with Crippen LogP contribution in [0, 0.1) is 0 Å². The van der Waals surface area contributed by atoms with E-state index in [1.165, 1.54) is 30.3 Å². The van der Waals surface area contributed by atoms with E-state index in [0.717, 1.165) is 16.7 Å². The van der Waals surface area contributed by atoms with Gasteiger partial charge in [0.25, 0.3) is 11.1 Å². The quantitative estimate of drug-likeness (QED) is 0.203. The van der Waals surface area contributed by atoms with Gasteiger partial charge in [0.15, 0.2) is 5.75 Å². The molecule has 192 valence electrons. The van der Waals surface area contributed by atoms with Crippen LogP contribution in [0.4, 0.5) is 4.79 Å². The number of hydrogen-bond acceptors (Lipinski definition) is 7. The Morgan fingerprint density at radius 2 is 1.62 bits per heavy atom. The number of ether oxygens (including phenoxy) is 1. The summed E-state index contributed by atoms with van der Waals surface area (Å²) < 4.78 is 36.3. The maximum Gasteiger partial charge on any atom is 0.339 e. The fourth-order valence-corrected chi connectivity index (χ4v) is 6.03. The molecule has 7 nitrogen and oxygen atoms in total. The predicted octanol–water partition coefficient (Wildman–Crippen LogP) is 7.05. The fraction of sp³-hybridized carbons (Fsp3) is 0.120. The second kappa shape index (κ2) is 11.4. The van der Waals surface area contributed by atoms with Crippen LogP contribution in [0.3, 0.4) is 0 Å². The maximum absolute atomic E-state index is 13.0.